The van der Waals surface area contributed by atoms with Gasteiger partial charge in [-0.3, -0.25) is 4.79 Å². The Morgan fingerprint density at radius 2 is 1.71 bits per heavy atom. The van der Waals surface area contributed by atoms with E-state index in [-0.39, 0.29) is 16.6 Å². The molecule has 1 nitrogen and oxygen atoms in total. The lowest BCUT2D eigenvalue weighted by Crippen LogP contribution is -2.30. The maximum atomic E-state index is 13.2. The lowest BCUT2D eigenvalue weighted by Gasteiger charge is -2.43. The van der Waals surface area contributed by atoms with Gasteiger partial charge in [-0.25, -0.2) is 4.39 Å². The van der Waals surface area contributed by atoms with Crippen molar-refractivity contribution in [2.24, 2.45) is 10.8 Å². The van der Waals surface area contributed by atoms with Gasteiger partial charge in [0, 0.05) is 0 Å². The molecule has 0 saturated carbocycles. The van der Waals surface area contributed by atoms with E-state index in [4.69, 9.17) is 0 Å². The Kier molecular flexibility index (Phi) is 4.18. The zero-order chi connectivity index (χ0) is 15.7. The summed E-state index contributed by atoms with van der Waals surface area (Å²) in [7, 11) is 0. The van der Waals surface area contributed by atoms with Crippen LogP contribution in [0.15, 0.2) is 42.0 Å². The number of allylic oxidation sites excluding steroid dienone is 4. The van der Waals surface area contributed by atoms with Crippen LogP contribution < -0.4 is 0 Å². The van der Waals surface area contributed by atoms with E-state index < -0.39 is 0 Å². The van der Waals surface area contributed by atoms with Gasteiger partial charge in [-0.2, -0.15) is 0 Å². The molecule has 0 saturated heterocycles. The van der Waals surface area contributed by atoms with Crippen LogP contribution in [-0.4, -0.2) is 6.29 Å². The number of hydrogen-bond donors (Lipinski definition) is 0. The highest BCUT2D eigenvalue weighted by Gasteiger charge is 2.38. The SMILES string of the molecule is CC1(C)CC(c2ccc(F)cc2)=C(/C=C/C=O)C(C)(C)C1. The predicted octanol–water partition coefficient (Wildman–Crippen LogP) is 5.18. The van der Waals surface area contributed by atoms with Crippen molar-refractivity contribution in [3.05, 3.63) is 53.4 Å². The molecule has 0 unspecified atom stereocenters. The minimum atomic E-state index is -0.223. The van der Waals surface area contributed by atoms with Gasteiger partial charge in [-0.15, -0.1) is 0 Å². The van der Waals surface area contributed by atoms with Crippen LogP contribution in [0.4, 0.5) is 4.39 Å². The van der Waals surface area contributed by atoms with Gasteiger partial charge >= 0.3 is 0 Å². The van der Waals surface area contributed by atoms with Crippen LogP contribution in [0.1, 0.15) is 46.1 Å². The number of carbonyl (C=O) groups is 1. The Hall–Kier alpha value is -1.70. The first-order valence-corrected chi connectivity index (χ1v) is 7.37. The van der Waals surface area contributed by atoms with Crippen LogP contribution >= 0.6 is 0 Å². The zero-order valence-electron chi connectivity index (χ0n) is 13.2. The maximum absolute atomic E-state index is 13.2. The summed E-state index contributed by atoms with van der Waals surface area (Å²) in [5.74, 6) is -0.223. The molecule has 0 bridgehead atoms. The molecule has 0 aromatic heterocycles. The molecule has 1 aliphatic carbocycles. The first-order valence-electron chi connectivity index (χ1n) is 7.37. The number of rotatable bonds is 3. The smallest absolute Gasteiger partial charge is 0.142 e. The van der Waals surface area contributed by atoms with Crippen molar-refractivity contribution in [2.75, 3.05) is 0 Å². The fourth-order valence-electron chi connectivity index (χ4n) is 3.71. The average Bonchev–Trinajstić information content (AvgIpc) is 2.36. The summed E-state index contributed by atoms with van der Waals surface area (Å²) in [6, 6.07) is 6.66. The fourth-order valence-corrected chi connectivity index (χ4v) is 3.71. The van der Waals surface area contributed by atoms with Crippen LogP contribution in [0, 0.1) is 16.6 Å². The standard InChI is InChI=1S/C19H23FO/c1-18(2)12-16(14-7-9-15(20)10-8-14)17(6-5-11-21)19(3,4)13-18/h5-11H,12-13H2,1-4H3/b6-5+. The van der Waals surface area contributed by atoms with E-state index >= 15 is 0 Å². The van der Waals surface area contributed by atoms with Gasteiger partial charge < -0.3 is 0 Å². The van der Waals surface area contributed by atoms with E-state index in [1.165, 1.54) is 23.3 Å². The van der Waals surface area contributed by atoms with E-state index in [2.05, 4.69) is 27.7 Å². The van der Waals surface area contributed by atoms with Gasteiger partial charge in [0.05, 0.1) is 0 Å². The van der Waals surface area contributed by atoms with Crippen molar-refractivity contribution in [1.29, 1.82) is 0 Å². The molecule has 0 amide bonds. The molecule has 1 aromatic carbocycles. The molecule has 1 aromatic rings. The highest BCUT2D eigenvalue weighted by Crippen LogP contribution is 2.52. The molecule has 0 N–H and O–H groups in total. The molecule has 0 radical (unpaired) electrons. The summed E-state index contributed by atoms with van der Waals surface area (Å²) in [5, 5.41) is 0. The van der Waals surface area contributed by atoms with Gasteiger partial charge in [0.1, 0.15) is 12.1 Å². The molecule has 112 valence electrons. The summed E-state index contributed by atoms with van der Waals surface area (Å²) in [6.45, 7) is 8.95. The Bertz CT molecular complexity index is 588. The number of benzene rings is 1. The third-order valence-electron chi connectivity index (χ3n) is 4.16. The molecule has 0 atom stereocenters. The van der Waals surface area contributed by atoms with Crippen molar-refractivity contribution >= 4 is 11.9 Å². The van der Waals surface area contributed by atoms with Crippen LogP contribution in [0.25, 0.3) is 5.57 Å². The summed E-state index contributed by atoms with van der Waals surface area (Å²) >= 11 is 0. The third kappa shape index (κ3) is 3.49. The first kappa shape index (κ1) is 15.7. The molecule has 1 aliphatic rings. The molecule has 0 fully saturated rings. The Morgan fingerprint density at radius 3 is 2.29 bits per heavy atom. The lowest BCUT2D eigenvalue weighted by molar-refractivity contribution is -0.104. The van der Waals surface area contributed by atoms with Gasteiger partial charge in [0.2, 0.25) is 0 Å². The van der Waals surface area contributed by atoms with Crippen LogP contribution in [0.2, 0.25) is 0 Å². The van der Waals surface area contributed by atoms with Gasteiger partial charge in [-0.1, -0.05) is 45.9 Å². The Balaban J connectivity index is 2.61. The van der Waals surface area contributed by atoms with Crippen molar-refractivity contribution in [2.45, 2.75) is 40.5 Å². The number of hydrogen-bond acceptors (Lipinski definition) is 1. The van der Waals surface area contributed by atoms with Crippen molar-refractivity contribution in [1.82, 2.24) is 0 Å². The quantitative estimate of drug-likeness (QED) is 0.552. The van der Waals surface area contributed by atoms with E-state index in [1.54, 1.807) is 6.08 Å². The minimum absolute atomic E-state index is 0.00895. The molecular formula is C19H23FO. The summed E-state index contributed by atoms with van der Waals surface area (Å²) in [5.41, 5.74) is 3.62. The largest absolute Gasteiger partial charge is 0.299 e. The Labute approximate surface area is 126 Å². The van der Waals surface area contributed by atoms with E-state index in [9.17, 15) is 9.18 Å². The molecule has 0 aliphatic heterocycles. The number of carbonyl (C=O) groups excluding carboxylic acids is 1. The molecule has 2 heteroatoms. The molecule has 0 heterocycles. The van der Waals surface area contributed by atoms with E-state index in [0.29, 0.717) is 0 Å². The van der Waals surface area contributed by atoms with E-state index in [0.717, 1.165) is 24.7 Å². The number of halogens is 1. The molecule has 2 rings (SSSR count). The van der Waals surface area contributed by atoms with Crippen LogP contribution in [0.3, 0.4) is 0 Å². The fraction of sp³-hybridized carbons (Fsp3) is 0.421. The Morgan fingerprint density at radius 1 is 1.10 bits per heavy atom. The van der Waals surface area contributed by atoms with Gasteiger partial charge in [0.25, 0.3) is 0 Å². The molecule has 0 spiro atoms. The second-order valence-electron chi connectivity index (χ2n) is 7.30. The van der Waals surface area contributed by atoms with Gasteiger partial charge in [0.15, 0.2) is 0 Å². The zero-order valence-corrected chi connectivity index (χ0v) is 13.2. The topological polar surface area (TPSA) is 17.1 Å². The second kappa shape index (κ2) is 5.59. The van der Waals surface area contributed by atoms with Gasteiger partial charge in [-0.05, 0) is 58.6 Å². The minimum Gasteiger partial charge on any atom is -0.299 e. The third-order valence-corrected chi connectivity index (χ3v) is 4.16. The molecule has 21 heavy (non-hydrogen) atoms. The summed E-state index contributed by atoms with van der Waals surface area (Å²) in [4.78, 5) is 10.7. The van der Waals surface area contributed by atoms with E-state index in [1.807, 2.05) is 18.2 Å². The van der Waals surface area contributed by atoms with Crippen LogP contribution in [-0.2, 0) is 4.79 Å². The van der Waals surface area contributed by atoms with Crippen molar-refractivity contribution < 1.29 is 9.18 Å². The lowest BCUT2D eigenvalue weighted by atomic mass is 9.61. The second-order valence-corrected chi connectivity index (χ2v) is 7.30. The monoisotopic (exact) mass is 286 g/mol. The highest BCUT2D eigenvalue weighted by molar-refractivity contribution is 5.76. The van der Waals surface area contributed by atoms with Crippen molar-refractivity contribution in [3.63, 3.8) is 0 Å². The predicted molar refractivity (Wildman–Crippen MR) is 85.3 cm³/mol. The first-order chi connectivity index (χ1) is 9.75. The number of aldehydes is 1. The maximum Gasteiger partial charge on any atom is 0.142 e. The summed E-state index contributed by atoms with van der Waals surface area (Å²) < 4.78 is 13.2. The van der Waals surface area contributed by atoms with Crippen LogP contribution in [0.5, 0.6) is 0 Å². The van der Waals surface area contributed by atoms with Crippen molar-refractivity contribution in [3.8, 4) is 0 Å². The molecular weight excluding hydrogens is 263 g/mol. The summed E-state index contributed by atoms with van der Waals surface area (Å²) in [6.07, 6.45) is 6.27. The normalized spacial score (nSPS) is 20.8. The average molecular weight is 286 g/mol. The highest BCUT2D eigenvalue weighted by atomic mass is 19.1.